The second kappa shape index (κ2) is 6.41. The number of hydrogen-bond donors (Lipinski definition) is 2. The molecule has 0 aromatic heterocycles. The van der Waals surface area contributed by atoms with E-state index in [0.29, 0.717) is 11.8 Å². The van der Waals surface area contributed by atoms with Crippen molar-refractivity contribution in [1.82, 2.24) is 0 Å². The Morgan fingerprint density at radius 1 is 1.31 bits per heavy atom. The number of rotatable bonds is 6. The number of phenols is 1. The zero-order valence-electron chi connectivity index (χ0n) is 10.6. The molecule has 0 spiro atoms. The van der Waals surface area contributed by atoms with Crippen LogP contribution in [0.2, 0.25) is 0 Å². The molecule has 1 atom stereocenters. The van der Waals surface area contributed by atoms with E-state index in [0.717, 1.165) is 17.7 Å². The van der Waals surface area contributed by atoms with Gasteiger partial charge in [0.25, 0.3) is 0 Å². The highest BCUT2D eigenvalue weighted by Gasteiger charge is 2.07. The van der Waals surface area contributed by atoms with Crippen LogP contribution in [-0.4, -0.2) is 11.1 Å². The van der Waals surface area contributed by atoms with Crippen LogP contribution in [0.3, 0.4) is 0 Å². The monoisotopic (exact) mass is 221 g/mol. The van der Waals surface area contributed by atoms with Crippen molar-refractivity contribution >= 4 is 5.69 Å². The van der Waals surface area contributed by atoms with Crippen LogP contribution in [0.15, 0.2) is 18.2 Å². The maximum absolute atomic E-state index is 9.34. The quantitative estimate of drug-likeness (QED) is 0.709. The summed E-state index contributed by atoms with van der Waals surface area (Å²) in [6, 6.07) is 6.04. The first-order valence-electron chi connectivity index (χ1n) is 6.23. The molecule has 0 radical (unpaired) electrons. The van der Waals surface area contributed by atoms with E-state index in [1.165, 1.54) is 19.3 Å². The van der Waals surface area contributed by atoms with Gasteiger partial charge in [0.05, 0.1) is 0 Å². The van der Waals surface area contributed by atoms with Crippen molar-refractivity contribution in [1.29, 1.82) is 0 Å². The number of phenolic OH excluding ortho intramolecular Hbond substituents is 1. The highest BCUT2D eigenvalue weighted by molar-refractivity contribution is 5.53. The molecule has 0 aliphatic heterocycles. The molecule has 0 bridgehead atoms. The van der Waals surface area contributed by atoms with Crippen LogP contribution in [-0.2, 0) is 0 Å². The van der Waals surface area contributed by atoms with E-state index in [1.807, 2.05) is 13.0 Å². The Morgan fingerprint density at radius 2 is 2.06 bits per heavy atom. The maximum Gasteiger partial charge on any atom is 0.115 e. The second-order valence-electron chi connectivity index (χ2n) is 4.39. The van der Waals surface area contributed by atoms with Gasteiger partial charge in [-0.3, -0.25) is 0 Å². The first kappa shape index (κ1) is 12.9. The van der Waals surface area contributed by atoms with Crippen molar-refractivity contribution < 1.29 is 5.11 Å². The van der Waals surface area contributed by atoms with Gasteiger partial charge in [0.1, 0.15) is 5.75 Å². The van der Waals surface area contributed by atoms with E-state index < -0.39 is 0 Å². The van der Waals surface area contributed by atoms with Crippen molar-refractivity contribution in [3.8, 4) is 5.75 Å². The third-order valence-electron chi connectivity index (χ3n) is 2.97. The van der Waals surface area contributed by atoms with Crippen LogP contribution in [0.5, 0.6) is 5.75 Å². The summed E-state index contributed by atoms with van der Waals surface area (Å²) >= 11 is 0. The minimum atomic E-state index is 0.338. The number of nitrogens with one attached hydrogen (secondary N) is 1. The molecular weight excluding hydrogens is 198 g/mol. The van der Waals surface area contributed by atoms with Crippen LogP contribution < -0.4 is 5.32 Å². The maximum atomic E-state index is 9.34. The lowest BCUT2D eigenvalue weighted by molar-refractivity contribution is 0.475. The average molecular weight is 221 g/mol. The Bertz CT molecular complexity index is 323. The molecule has 16 heavy (non-hydrogen) atoms. The van der Waals surface area contributed by atoms with Gasteiger partial charge in [0, 0.05) is 11.7 Å². The van der Waals surface area contributed by atoms with Gasteiger partial charge in [-0.1, -0.05) is 26.7 Å². The second-order valence-corrected chi connectivity index (χ2v) is 4.39. The molecule has 1 aromatic carbocycles. The minimum absolute atomic E-state index is 0.338. The summed E-state index contributed by atoms with van der Waals surface area (Å²) in [6.45, 7) is 6.45. The van der Waals surface area contributed by atoms with E-state index in [-0.39, 0.29) is 0 Å². The van der Waals surface area contributed by atoms with Crippen LogP contribution in [0.4, 0.5) is 5.69 Å². The Balaban J connectivity index is 2.62. The molecule has 0 aliphatic rings. The van der Waals surface area contributed by atoms with Gasteiger partial charge in [-0.25, -0.2) is 0 Å². The Hall–Kier alpha value is -1.18. The SMILES string of the molecule is CCCCC(CC)Nc1ccc(O)cc1C. The summed E-state index contributed by atoms with van der Waals surface area (Å²) in [4.78, 5) is 0. The fourth-order valence-corrected chi connectivity index (χ4v) is 1.86. The summed E-state index contributed by atoms with van der Waals surface area (Å²) in [6.07, 6.45) is 4.86. The molecular formula is C14H23NO. The molecule has 0 heterocycles. The highest BCUT2D eigenvalue weighted by Crippen LogP contribution is 2.22. The molecule has 0 saturated carbocycles. The number of aryl methyl sites for hydroxylation is 1. The average Bonchev–Trinajstić information content (AvgIpc) is 2.27. The molecule has 0 fully saturated rings. The summed E-state index contributed by atoms with van der Waals surface area (Å²) in [5.74, 6) is 0.338. The Kier molecular flexibility index (Phi) is 5.17. The predicted octanol–water partition coefficient (Wildman–Crippen LogP) is 4.08. The zero-order chi connectivity index (χ0) is 12.0. The molecule has 1 aromatic rings. The van der Waals surface area contributed by atoms with Crippen molar-refractivity contribution in [3.63, 3.8) is 0 Å². The first-order chi connectivity index (χ1) is 7.67. The van der Waals surface area contributed by atoms with Crippen LogP contribution in [0.1, 0.15) is 45.1 Å². The summed E-state index contributed by atoms with van der Waals surface area (Å²) in [5.41, 5.74) is 2.25. The van der Waals surface area contributed by atoms with Crippen molar-refractivity contribution in [2.24, 2.45) is 0 Å². The molecule has 2 heteroatoms. The van der Waals surface area contributed by atoms with Crippen molar-refractivity contribution in [3.05, 3.63) is 23.8 Å². The summed E-state index contributed by atoms with van der Waals surface area (Å²) in [5, 5.41) is 12.9. The molecule has 0 aliphatic carbocycles. The van der Waals surface area contributed by atoms with Gasteiger partial charge < -0.3 is 10.4 Å². The van der Waals surface area contributed by atoms with E-state index >= 15 is 0 Å². The number of aromatic hydroxyl groups is 1. The lowest BCUT2D eigenvalue weighted by Gasteiger charge is -2.19. The first-order valence-corrected chi connectivity index (χ1v) is 6.23. The normalized spacial score (nSPS) is 12.4. The third-order valence-corrected chi connectivity index (χ3v) is 2.97. The largest absolute Gasteiger partial charge is 0.508 e. The van der Waals surface area contributed by atoms with Crippen LogP contribution in [0, 0.1) is 6.92 Å². The minimum Gasteiger partial charge on any atom is -0.508 e. The van der Waals surface area contributed by atoms with Gasteiger partial charge in [-0.2, -0.15) is 0 Å². The van der Waals surface area contributed by atoms with Gasteiger partial charge in [0.15, 0.2) is 0 Å². The Morgan fingerprint density at radius 3 is 2.62 bits per heavy atom. The van der Waals surface area contributed by atoms with Gasteiger partial charge in [-0.15, -0.1) is 0 Å². The number of anilines is 1. The number of hydrogen-bond acceptors (Lipinski definition) is 2. The van der Waals surface area contributed by atoms with E-state index in [9.17, 15) is 5.11 Å². The Labute approximate surface area is 98.7 Å². The van der Waals surface area contributed by atoms with E-state index in [1.54, 1.807) is 12.1 Å². The smallest absolute Gasteiger partial charge is 0.115 e. The van der Waals surface area contributed by atoms with Crippen LogP contribution >= 0.6 is 0 Å². The lowest BCUT2D eigenvalue weighted by atomic mass is 10.1. The molecule has 1 rings (SSSR count). The molecule has 90 valence electrons. The standard InChI is InChI=1S/C14H23NO/c1-4-6-7-12(5-2)15-14-9-8-13(16)10-11(14)3/h8-10,12,15-16H,4-7H2,1-3H3. The zero-order valence-corrected chi connectivity index (χ0v) is 10.6. The summed E-state index contributed by atoms with van der Waals surface area (Å²) < 4.78 is 0. The molecule has 0 amide bonds. The molecule has 1 unspecified atom stereocenters. The number of benzene rings is 1. The predicted molar refractivity (Wildman–Crippen MR) is 70.1 cm³/mol. The van der Waals surface area contributed by atoms with E-state index in [4.69, 9.17) is 0 Å². The molecule has 2 N–H and O–H groups in total. The van der Waals surface area contributed by atoms with E-state index in [2.05, 4.69) is 19.2 Å². The van der Waals surface area contributed by atoms with Gasteiger partial charge >= 0.3 is 0 Å². The third kappa shape index (κ3) is 3.76. The number of unbranched alkanes of at least 4 members (excludes halogenated alkanes) is 1. The van der Waals surface area contributed by atoms with Gasteiger partial charge in [0.2, 0.25) is 0 Å². The molecule has 0 saturated heterocycles. The lowest BCUT2D eigenvalue weighted by Crippen LogP contribution is -2.18. The fourth-order valence-electron chi connectivity index (χ4n) is 1.86. The van der Waals surface area contributed by atoms with Gasteiger partial charge in [-0.05, 0) is 43.5 Å². The highest BCUT2D eigenvalue weighted by atomic mass is 16.3. The van der Waals surface area contributed by atoms with Crippen molar-refractivity contribution in [2.75, 3.05) is 5.32 Å². The van der Waals surface area contributed by atoms with Crippen molar-refractivity contribution in [2.45, 2.75) is 52.5 Å². The molecule has 2 nitrogen and oxygen atoms in total. The topological polar surface area (TPSA) is 32.3 Å². The summed E-state index contributed by atoms with van der Waals surface area (Å²) in [7, 11) is 0. The fraction of sp³-hybridized carbons (Fsp3) is 0.571. The van der Waals surface area contributed by atoms with Crippen LogP contribution in [0.25, 0.3) is 0 Å².